The third kappa shape index (κ3) is 7.16. The number of hydrogen-bond acceptors (Lipinski definition) is 5. The van der Waals surface area contributed by atoms with Crippen LogP contribution in [0, 0.1) is 22.5 Å². The van der Waals surface area contributed by atoms with E-state index in [0.29, 0.717) is 54.0 Å². The number of carboxylic acids is 1. The SMILES string of the molecule is CN=C1N=C(N)[C@@](C)(c2cccc(CC3(C(=O)O)CC3)c2)CCCC(C)(C)CSCCc2c(c(F)c(F)c3[nH]ccc23)Cc2ccnc1c2. The molecule has 1 aliphatic heterocycles. The fourth-order valence-corrected chi connectivity index (χ4v) is 8.34. The molecule has 0 radical (unpaired) electrons. The van der Waals surface area contributed by atoms with E-state index in [1.807, 2.05) is 42.1 Å². The standard InChI is InChI=1S/C39H45F2N5O2S/c1-37(2)12-6-13-38(3,26-8-5-7-25(19-26)22-39(14-15-39)36(47)48)35(42)46-34(43-4)30-21-24(9-16-44-30)20-29-27(11-18-49-23-37)28-10-17-45-33(28)32(41)31(29)40/h5,7-10,16-17,19,21,45H,6,11-15,18,20,22-23H2,1-4H3,(H,47,48)(H2,42,43,46)/t38-/m1/s1. The van der Waals surface area contributed by atoms with Crippen molar-refractivity contribution in [3.63, 3.8) is 0 Å². The summed E-state index contributed by atoms with van der Waals surface area (Å²) in [6.45, 7) is 6.63. The second-order valence-electron chi connectivity index (χ2n) is 14.7. The molecule has 7 nitrogen and oxygen atoms in total. The maximum absolute atomic E-state index is 15.8. The molecule has 2 bridgehead atoms. The summed E-state index contributed by atoms with van der Waals surface area (Å²) in [5, 5.41) is 10.6. The molecule has 258 valence electrons. The Labute approximate surface area is 290 Å². The van der Waals surface area contributed by atoms with Gasteiger partial charge in [-0.3, -0.25) is 14.8 Å². The second kappa shape index (κ2) is 13.7. The van der Waals surface area contributed by atoms with Crippen molar-refractivity contribution in [2.75, 3.05) is 18.6 Å². The van der Waals surface area contributed by atoms with E-state index in [1.54, 1.807) is 25.5 Å². The number of aromatic nitrogens is 2. The smallest absolute Gasteiger partial charge is 0.309 e. The van der Waals surface area contributed by atoms with Crippen LogP contribution in [0.15, 0.2) is 64.8 Å². The first-order valence-electron chi connectivity index (χ1n) is 17.0. The summed E-state index contributed by atoms with van der Waals surface area (Å²) < 4.78 is 31.0. The van der Waals surface area contributed by atoms with Crippen LogP contribution in [0.2, 0.25) is 0 Å². The summed E-state index contributed by atoms with van der Waals surface area (Å²) in [4.78, 5) is 28.8. The van der Waals surface area contributed by atoms with Crippen LogP contribution in [0.4, 0.5) is 8.78 Å². The fourth-order valence-electron chi connectivity index (χ4n) is 7.15. The molecule has 6 rings (SSSR count). The number of aromatic amines is 1. The van der Waals surface area contributed by atoms with E-state index in [-0.39, 0.29) is 17.4 Å². The van der Waals surface area contributed by atoms with Gasteiger partial charge in [0.1, 0.15) is 11.5 Å². The van der Waals surface area contributed by atoms with Crippen LogP contribution in [0.1, 0.15) is 86.4 Å². The van der Waals surface area contributed by atoms with Crippen molar-refractivity contribution in [2.24, 2.45) is 26.5 Å². The van der Waals surface area contributed by atoms with Crippen molar-refractivity contribution in [1.82, 2.24) is 9.97 Å². The molecule has 1 aliphatic carbocycles. The summed E-state index contributed by atoms with van der Waals surface area (Å²) in [6, 6.07) is 13.6. The number of carbonyl (C=O) groups is 1. The highest BCUT2D eigenvalue weighted by Crippen LogP contribution is 2.49. The Balaban J connectivity index is 1.42. The maximum Gasteiger partial charge on any atom is 0.309 e. The highest BCUT2D eigenvalue weighted by molar-refractivity contribution is 7.99. The molecule has 0 amide bonds. The quantitative estimate of drug-likeness (QED) is 0.201. The lowest BCUT2D eigenvalue weighted by Gasteiger charge is -2.32. The third-order valence-electron chi connectivity index (χ3n) is 10.5. The molecule has 1 saturated carbocycles. The summed E-state index contributed by atoms with van der Waals surface area (Å²) in [5.74, 6) is -0.0180. The summed E-state index contributed by atoms with van der Waals surface area (Å²) >= 11 is 1.84. The summed E-state index contributed by atoms with van der Waals surface area (Å²) in [5.41, 5.74) is 10.2. The molecule has 1 fully saturated rings. The molecule has 10 heteroatoms. The largest absolute Gasteiger partial charge is 0.481 e. The zero-order valence-electron chi connectivity index (χ0n) is 28.7. The second-order valence-corrected chi connectivity index (χ2v) is 15.8. The first kappa shape index (κ1) is 34.8. The molecular formula is C39H45F2N5O2S. The number of fused-ring (bicyclic) bond motifs is 5. The van der Waals surface area contributed by atoms with Crippen LogP contribution < -0.4 is 5.73 Å². The molecule has 4 aromatic rings. The predicted octanol–water partition coefficient (Wildman–Crippen LogP) is 8.02. The van der Waals surface area contributed by atoms with Gasteiger partial charge in [0.15, 0.2) is 17.5 Å². The Hall–Kier alpha value is -4.05. The number of aliphatic imine (C=N–C) groups is 2. The Morgan fingerprint density at radius 1 is 1.06 bits per heavy atom. The van der Waals surface area contributed by atoms with Crippen molar-refractivity contribution >= 4 is 40.3 Å². The van der Waals surface area contributed by atoms with Gasteiger partial charge in [0, 0.05) is 36.7 Å². The van der Waals surface area contributed by atoms with Gasteiger partial charge in [-0.25, -0.2) is 13.8 Å². The number of benzene rings is 2. The summed E-state index contributed by atoms with van der Waals surface area (Å²) in [7, 11) is 1.64. The molecule has 49 heavy (non-hydrogen) atoms. The first-order chi connectivity index (χ1) is 23.4. The van der Waals surface area contributed by atoms with Gasteiger partial charge in [-0.05, 0) is 108 Å². The third-order valence-corrected chi connectivity index (χ3v) is 12.0. The molecule has 0 unspecified atom stereocenters. The molecule has 2 aliphatic rings. The van der Waals surface area contributed by atoms with Gasteiger partial charge in [-0.2, -0.15) is 11.8 Å². The average Bonchev–Trinajstić information content (AvgIpc) is 3.70. The number of halogens is 2. The predicted molar refractivity (Wildman–Crippen MR) is 195 cm³/mol. The normalized spacial score (nSPS) is 22.2. The van der Waals surface area contributed by atoms with Crippen LogP contribution in [0.3, 0.4) is 0 Å². The van der Waals surface area contributed by atoms with E-state index in [1.165, 1.54) is 0 Å². The fraction of sp³-hybridized carbons (Fsp3) is 0.436. The van der Waals surface area contributed by atoms with Gasteiger partial charge in [0.25, 0.3) is 0 Å². The maximum atomic E-state index is 15.8. The Kier molecular flexibility index (Phi) is 9.72. The number of aryl methyl sites for hydroxylation is 1. The van der Waals surface area contributed by atoms with Crippen molar-refractivity contribution in [3.8, 4) is 0 Å². The first-order valence-corrected chi connectivity index (χ1v) is 18.1. The highest BCUT2D eigenvalue weighted by atomic mass is 32.2. The van der Waals surface area contributed by atoms with Crippen LogP contribution in [-0.4, -0.2) is 51.3 Å². The van der Waals surface area contributed by atoms with E-state index in [9.17, 15) is 9.90 Å². The Morgan fingerprint density at radius 3 is 2.59 bits per heavy atom. The lowest BCUT2D eigenvalue weighted by atomic mass is 9.74. The Morgan fingerprint density at radius 2 is 1.86 bits per heavy atom. The minimum absolute atomic E-state index is 0.0162. The van der Waals surface area contributed by atoms with Gasteiger partial charge in [-0.15, -0.1) is 0 Å². The number of H-pyrrole nitrogens is 1. The van der Waals surface area contributed by atoms with Gasteiger partial charge in [0.2, 0.25) is 0 Å². The zero-order valence-corrected chi connectivity index (χ0v) is 29.5. The van der Waals surface area contributed by atoms with E-state index in [2.05, 4.69) is 41.8 Å². The van der Waals surface area contributed by atoms with Crippen molar-refractivity contribution < 1.29 is 18.7 Å². The number of pyridine rings is 1. The summed E-state index contributed by atoms with van der Waals surface area (Å²) in [6.07, 6.45) is 8.51. The molecule has 1 atom stereocenters. The van der Waals surface area contributed by atoms with Crippen molar-refractivity contribution in [1.29, 1.82) is 0 Å². The van der Waals surface area contributed by atoms with Gasteiger partial charge >= 0.3 is 5.97 Å². The number of aliphatic carboxylic acids is 1. The molecule has 2 aromatic heterocycles. The van der Waals surface area contributed by atoms with Crippen molar-refractivity contribution in [3.05, 3.63) is 100 Å². The van der Waals surface area contributed by atoms with Gasteiger partial charge < -0.3 is 15.8 Å². The number of carboxylic acid groups (broad SMARTS) is 1. The minimum Gasteiger partial charge on any atom is -0.481 e. The number of rotatable bonds is 4. The lowest BCUT2D eigenvalue weighted by Crippen LogP contribution is -2.40. The molecule has 0 saturated heterocycles. The number of amidine groups is 2. The van der Waals surface area contributed by atoms with E-state index < -0.39 is 28.4 Å². The number of thioether (sulfide) groups is 1. The van der Waals surface area contributed by atoms with Crippen LogP contribution in [0.5, 0.6) is 0 Å². The van der Waals surface area contributed by atoms with Gasteiger partial charge in [0.05, 0.1) is 10.9 Å². The van der Waals surface area contributed by atoms with Crippen LogP contribution in [-0.2, 0) is 29.5 Å². The number of nitrogens with one attached hydrogen (secondary N) is 1. The molecule has 3 heterocycles. The molecular weight excluding hydrogens is 641 g/mol. The number of hydrogen-bond donors (Lipinski definition) is 3. The monoisotopic (exact) mass is 685 g/mol. The minimum atomic E-state index is -0.865. The van der Waals surface area contributed by atoms with Crippen LogP contribution >= 0.6 is 11.8 Å². The Bertz CT molecular complexity index is 1950. The molecule has 2 aromatic carbocycles. The number of nitrogens with zero attached hydrogens (tertiary/aromatic N) is 3. The molecule has 0 spiro atoms. The van der Waals surface area contributed by atoms with Gasteiger partial charge in [-0.1, -0.05) is 44.5 Å². The zero-order chi connectivity index (χ0) is 35.0. The average molecular weight is 686 g/mol. The number of nitrogens with two attached hydrogens (primary N) is 1. The van der Waals surface area contributed by atoms with Crippen LogP contribution in [0.25, 0.3) is 10.9 Å². The van der Waals surface area contributed by atoms with E-state index in [0.717, 1.165) is 53.0 Å². The van der Waals surface area contributed by atoms with E-state index >= 15 is 8.78 Å². The highest BCUT2D eigenvalue weighted by Gasteiger charge is 2.50. The van der Waals surface area contributed by atoms with Crippen molar-refractivity contribution in [2.45, 2.75) is 77.6 Å². The topological polar surface area (TPSA) is 117 Å². The lowest BCUT2D eigenvalue weighted by molar-refractivity contribution is -0.143. The van der Waals surface area contributed by atoms with E-state index in [4.69, 9.17) is 10.7 Å². The molecule has 4 N–H and O–H groups in total.